The molecule has 7 heteroatoms. The SMILES string of the molecule is Cl.NCCC1CCCN(C(=O)CCn2ccnn2)C1. The molecule has 19 heavy (non-hydrogen) atoms. The van der Waals surface area contributed by atoms with Crippen LogP contribution in [-0.4, -0.2) is 45.4 Å². The molecule has 1 unspecified atom stereocenters. The van der Waals surface area contributed by atoms with Crippen LogP contribution < -0.4 is 5.73 Å². The van der Waals surface area contributed by atoms with Gasteiger partial charge in [0.05, 0.1) is 12.7 Å². The van der Waals surface area contributed by atoms with E-state index in [4.69, 9.17) is 5.73 Å². The first-order chi connectivity index (χ1) is 8.79. The number of aromatic nitrogens is 3. The summed E-state index contributed by atoms with van der Waals surface area (Å²) in [5.41, 5.74) is 5.58. The van der Waals surface area contributed by atoms with Crippen LogP contribution in [0, 0.1) is 5.92 Å². The molecule has 1 aliphatic rings. The minimum Gasteiger partial charge on any atom is -0.342 e. The Morgan fingerprint density at radius 1 is 1.47 bits per heavy atom. The molecule has 1 aromatic rings. The Morgan fingerprint density at radius 2 is 2.32 bits per heavy atom. The van der Waals surface area contributed by atoms with Crippen molar-refractivity contribution in [3.05, 3.63) is 12.4 Å². The standard InChI is InChI=1S/C12H21N5O.ClH/c13-5-3-11-2-1-7-16(10-11)12(18)4-8-17-9-6-14-15-17;/h6,9,11H,1-5,7-8,10,13H2;1H. The Morgan fingerprint density at radius 3 is 3.00 bits per heavy atom. The Balaban J connectivity index is 0.00000180. The summed E-state index contributed by atoms with van der Waals surface area (Å²) in [6.07, 6.45) is 7.22. The molecule has 1 aromatic heterocycles. The minimum absolute atomic E-state index is 0. The van der Waals surface area contributed by atoms with Gasteiger partial charge < -0.3 is 10.6 Å². The summed E-state index contributed by atoms with van der Waals surface area (Å²) >= 11 is 0. The van der Waals surface area contributed by atoms with Crippen molar-refractivity contribution in [3.63, 3.8) is 0 Å². The van der Waals surface area contributed by atoms with E-state index < -0.39 is 0 Å². The number of hydrogen-bond donors (Lipinski definition) is 1. The third-order valence-corrected chi connectivity index (χ3v) is 3.47. The third-order valence-electron chi connectivity index (χ3n) is 3.47. The van der Waals surface area contributed by atoms with Crippen molar-refractivity contribution in [2.75, 3.05) is 19.6 Å². The molecule has 6 nitrogen and oxygen atoms in total. The Hall–Kier alpha value is -1.14. The molecule has 0 saturated carbocycles. The molecular formula is C12H22ClN5O. The molecule has 1 fully saturated rings. The molecule has 108 valence electrons. The Kier molecular flexibility index (Phi) is 6.80. The monoisotopic (exact) mass is 287 g/mol. The summed E-state index contributed by atoms with van der Waals surface area (Å²) in [5.74, 6) is 0.797. The number of carbonyl (C=O) groups excluding carboxylic acids is 1. The van der Waals surface area contributed by atoms with Gasteiger partial charge in [-0.25, -0.2) is 0 Å². The molecule has 2 rings (SSSR count). The number of hydrogen-bond acceptors (Lipinski definition) is 4. The molecule has 0 spiro atoms. The number of aryl methyl sites for hydroxylation is 1. The fourth-order valence-electron chi connectivity index (χ4n) is 2.48. The molecule has 1 aliphatic heterocycles. The van der Waals surface area contributed by atoms with Crippen LogP contribution in [0.4, 0.5) is 0 Å². The van der Waals surface area contributed by atoms with Gasteiger partial charge in [0.25, 0.3) is 0 Å². The largest absolute Gasteiger partial charge is 0.342 e. The molecule has 0 aromatic carbocycles. The predicted octanol–water partition coefficient (Wildman–Crippen LogP) is 0.677. The summed E-state index contributed by atoms with van der Waals surface area (Å²) in [6.45, 7) is 3.08. The molecule has 0 aliphatic carbocycles. The van der Waals surface area contributed by atoms with Gasteiger partial charge in [0, 0.05) is 25.7 Å². The van der Waals surface area contributed by atoms with Gasteiger partial charge in [0.1, 0.15) is 0 Å². The summed E-state index contributed by atoms with van der Waals surface area (Å²) in [6, 6.07) is 0. The van der Waals surface area contributed by atoms with Crippen molar-refractivity contribution in [2.45, 2.75) is 32.2 Å². The lowest BCUT2D eigenvalue weighted by Gasteiger charge is -2.32. The Labute approximate surface area is 119 Å². The molecule has 0 bridgehead atoms. The van der Waals surface area contributed by atoms with E-state index in [-0.39, 0.29) is 18.3 Å². The molecule has 1 amide bonds. The normalized spacial score (nSPS) is 19.0. The Bertz CT molecular complexity index is 368. The average molecular weight is 288 g/mol. The number of nitrogens with zero attached hydrogens (tertiary/aromatic N) is 4. The maximum Gasteiger partial charge on any atom is 0.224 e. The zero-order chi connectivity index (χ0) is 12.8. The highest BCUT2D eigenvalue weighted by atomic mass is 35.5. The number of nitrogens with two attached hydrogens (primary N) is 1. The van der Waals surface area contributed by atoms with Crippen LogP contribution in [-0.2, 0) is 11.3 Å². The van der Waals surface area contributed by atoms with Crippen molar-refractivity contribution in [2.24, 2.45) is 11.7 Å². The minimum atomic E-state index is 0. The van der Waals surface area contributed by atoms with Gasteiger partial charge in [-0.05, 0) is 31.7 Å². The molecule has 0 radical (unpaired) electrons. The number of likely N-dealkylation sites (tertiary alicyclic amines) is 1. The summed E-state index contributed by atoms with van der Waals surface area (Å²) < 4.78 is 1.69. The van der Waals surface area contributed by atoms with E-state index >= 15 is 0 Å². The maximum atomic E-state index is 12.1. The number of carbonyl (C=O) groups is 1. The van der Waals surface area contributed by atoms with E-state index in [0.29, 0.717) is 25.4 Å². The first kappa shape index (κ1) is 15.9. The van der Waals surface area contributed by atoms with Crippen molar-refractivity contribution >= 4 is 18.3 Å². The van der Waals surface area contributed by atoms with E-state index in [9.17, 15) is 4.79 Å². The lowest BCUT2D eigenvalue weighted by atomic mass is 9.94. The van der Waals surface area contributed by atoms with Crippen molar-refractivity contribution in [1.29, 1.82) is 0 Å². The third kappa shape index (κ3) is 4.80. The highest BCUT2D eigenvalue weighted by Crippen LogP contribution is 2.19. The van der Waals surface area contributed by atoms with Crippen molar-refractivity contribution in [1.82, 2.24) is 19.9 Å². The quantitative estimate of drug-likeness (QED) is 0.864. The second kappa shape index (κ2) is 8.12. The lowest BCUT2D eigenvalue weighted by molar-refractivity contribution is -0.133. The predicted molar refractivity (Wildman–Crippen MR) is 74.9 cm³/mol. The van der Waals surface area contributed by atoms with Gasteiger partial charge in [-0.1, -0.05) is 5.21 Å². The van der Waals surface area contributed by atoms with Crippen LogP contribution in [0.25, 0.3) is 0 Å². The number of rotatable bonds is 5. The fraction of sp³-hybridized carbons (Fsp3) is 0.750. The number of amides is 1. The van der Waals surface area contributed by atoms with Crippen LogP contribution in [0.1, 0.15) is 25.7 Å². The highest BCUT2D eigenvalue weighted by molar-refractivity contribution is 5.85. The van der Waals surface area contributed by atoms with Gasteiger partial charge in [-0.3, -0.25) is 9.48 Å². The van der Waals surface area contributed by atoms with Gasteiger partial charge in [0.2, 0.25) is 5.91 Å². The average Bonchev–Trinajstić information content (AvgIpc) is 2.90. The van der Waals surface area contributed by atoms with Crippen LogP contribution in [0.15, 0.2) is 12.4 Å². The van der Waals surface area contributed by atoms with Gasteiger partial charge >= 0.3 is 0 Å². The van der Waals surface area contributed by atoms with E-state index in [0.717, 1.165) is 25.9 Å². The zero-order valence-electron chi connectivity index (χ0n) is 11.1. The molecule has 2 N–H and O–H groups in total. The first-order valence-corrected chi connectivity index (χ1v) is 6.61. The van der Waals surface area contributed by atoms with Gasteiger partial charge in [0.15, 0.2) is 0 Å². The summed E-state index contributed by atoms with van der Waals surface area (Å²) in [5, 5.41) is 7.58. The summed E-state index contributed by atoms with van der Waals surface area (Å²) in [4.78, 5) is 14.0. The van der Waals surface area contributed by atoms with Crippen LogP contribution >= 0.6 is 12.4 Å². The van der Waals surface area contributed by atoms with Crippen LogP contribution in [0.3, 0.4) is 0 Å². The van der Waals surface area contributed by atoms with Crippen LogP contribution in [0.2, 0.25) is 0 Å². The summed E-state index contributed by atoms with van der Waals surface area (Å²) in [7, 11) is 0. The zero-order valence-corrected chi connectivity index (χ0v) is 11.9. The molecule has 2 heterocycles. The molecule has 1 atom stereocenters. The number of halogens is 1. The van der Waals surface area contributed by atoms with Crippen molar-refractivity contribution < 1.29 is 4.79 Å². The topological polar surface area (TPSA) is 77.0 Å². The maximum absolute atomic E-state index is 12.1. The van der Waals surface area contributed by atoms with E-state index in [1.54, 1.807) is 17.1 Å². The van der Waals surface area contributed by atoms with E-state index in [2.05, 4.69) is 10.3 Å². The lowest BCUT2D eigenvalue weighted by Crippen LogP contribution is -2.40. The second-order valence-electron chi connectivity index (χ2n) is 4.84. The smallest absolute Gasteiger partial charge is 0.224 e. The highest BCUT2D eigenvalue weighted by Gasteiger charge is 2.22. The van der Waals surface area contributed by atoms with Crippen LogP contribution in [0.5, 0.6) is 0 Å². The van der Waals surface area contributed by atoms with Gasteiger partial charge in [-0.2, -0.15) is 0 Å². The first-order valence-electron chi connectivity index (χ1n) is 6.61. The van der Waals surface area contributed by atoms with E-state index in [1.165, 1.54) is 6.42 Å². The molecule has 1 saturated heterocycles. The van der Waals surface area contributed by atoms with Gasteiger partial charge in [-0.15, -0.1) is 17.5 Å². The number of piperidine rings is 1. The fourth-order valence-corrected chi connectivity index (χ4v) is 2.48. The second-order valence-corrected chi connectivity index (χ2v) is 4.84. The van der Waals surface area contributed by atoms with E-state index in [1.807, 2.05) is 4.90 Å². The van der Waals surface area contributed by atoms with Crippen molar-refractivity contribution in [3.8, 4) is 0 Å². The molecular weight excluding hydrogens is 266 g/mol.